The molecule has 0 N–H and O–H groups in total. The molecule has 492 valence electrons. The van der Waals surface area contributed by atoms with Crippen LogP contribution < -0.4 is 28.4 Å². The molecular weight excluding hydrogens is 1210 g/mol. The molecule has 0 amide bonds. The molecule has 4 aliphatic rings. The average molecular weight is 1300 g/mol. The molecule has 0 spiro atoms. The Balaban J connectivity index is 1.05. The number of nitrogens with zero attached hydrogens (tertiary/aromatic N) is 2. The summed E-state index contributed by atoms with van der Waals surface area (Å²) in [7, 11) is 3.22. The zero-order chi connectivity index (χ0) is 67.6. The quantitative estimate of drug-likeness (QED) is 0.0687. The van der Waals surface area contributed by atoms with Gasteiger partial charge in [-0.1, -0.05) is 194 Å². The lowest BCUT2D eigenvalue weighted by atomic mass is 9.73. The molecule has 14 rings (SSSR count). The minimum atomic E-state index is -0.348. The van der Waals surface area contributed by atoms with Crippen LogP contribution in [-0.2, 0) is 52.4 Å². The van der Waals surface area contributed by atoms with Gasteiger partial charge in [0.05, 0.1) is 25.3 Å². The van der Waals surface area contributed by atoms with E-state index in [0.29, 0.717) is 95.9 Å². The zero-order valence-electron chi connectivity index (χ0n) is 57.1. The molecule has 10 nitrogen and oxygen atoms in total. The summed E-state index contributed by atoms with van der Waals surface area (Å²) in [5.74, 6) is 2.70. The van der Waals surface area contributed by atoms with Crippen molar-refractivity contribution in [1.82, 2.24) is 9.80 Å². The lowest BCUT2D eigenvalue weighted by Crippen LogP contribution is -2.41. The van der Waals surface area contributed by atoms with Gasteiger partial charge in [0, 0.05) is 82.8 Å². The Hall–Kier alpha value is -10.5. The summed E-state index contributed by atoms with van der Waals surface area (Å²) in [6.45, 7) is 15.8. The van der Waals surface area contributed by atoms with Gasteiger partial charge in [0.1, 0.15) is 60.9 Å². The second-order valence-corrected chi connectivity index (χ2v) is 26.5. The number of ether oxygens (including phenoxy) is 6. The molecule has 0 bridgehead atoms. The summed E-state index contributed by atoms with van der Waals surface area (Å²) >= 11 is 0. The minimum absolute atomic E-state index is 0.0334. The van der Waals surface area contributed by atoms with Crippen molar-refractivity contribution >= 4 is 22.7 Å². The summed E-state index contributed by atoms with van der Waals surface area (Å²) in [4.78, 5) is 38.2. The largest absolute Gasteiger partial charge is 0.496 e. The lowest BCUT2D eigenvalue weighted by molar-refractivity contribution is 0.1000. The first kappa shape index (κ1) is 64.8. The molecule has 10 aromatic carbocycles. The molecular formula is C88H82N2O8. The van der Waals surface area contributed by atoms with Crippen LogP contribution in [0.25, 0.3) is 11.1 Å². The van der Waals surface area contributed by atoms with Crippen molar-refractivity contribution in [2.75, 3.05) is 14.2 Å². The fourth-order valence-electron chi connectivity index (χ4n) is 15.2. The third-order valence-electron chi connectivity index (χ3n) is 20.0. The number of benzene rings is 10. The summed E-state index contributed by atoms with van der Waals surface area (Å²) in [6, 6.07) is 74.0. The summed E-state index contributed by atoms with van der Waals surface area (Å²) in [6.07, 6.45) is 5.14. The van der Waals surface area contributed by atoms with Gasteiger partial charge in [-0.05, 0) is 157 Å². The first-order chi connectivity index (χ1) is 47.8. The number of fused-ring (bicyclic) bond motifs is 4. The van der Waals surface area contributed by atoms with Crippen molar-refractivity contribution in [2.45, 2.75) is 118 Å². The van der Waals surface area contributed by atoms with E-state index in [1.807, 2.05) is 111 Å². The van der Waals surface area contributed by atoms with E-state index in [0.717, 1.165) is 77.9 Å². The Morgan fingerprint density at radius 3 is 0.959 bits per heavy atom. The van der Waals surface area contributed by atoms with Crippen LogP contribution in [0.2, 0.25) is 0 Å². The van der Waals surface area contributed by atoms with Crippen LogP contribution in [0, 0.1) is 13.8 Å². The topological polar surface area (TPSA) is 96.0 Å². The Labute approximate surface area is 576 Å². The van der Waals surface area contributed by atoms with E-state index in [9.17, 15) is 0 Å². The van der Waals surface area contributed by atoms with Gasteiger partial charge in [0.25, 0.3) is 0 Å². The van der Waals surface area contributed by atoms with Crippen LogP contribution >= 0.6 is 0 Å². The maximum Gasteiger partial charge on any atom is 0.198 e. The number of hydrogen-bond donors (Lipinski definition) is 0. The molecule has 0 fully saturated rings. The first-order valence-electron chi connectivity index (χ1n) is 34.1. The van der Waals surface area contributed by atoms with Gasteiger partial charge in [-0.25, -0.2) is 0 Å². The molecule has 10 heteroatoms. The Morgan fingerprint density at radius 1 is 0.357 bits per heavy atom. The van der Waals surface area contributed by atoms with Crippen molar-refractivity contribution in [3.63, 3.8) is 0 Å². The summed E-state index contributed by atoms with van der Waals surface area (Å²) in [5, 5.41) is 0. The van der Waals surface area contributed by atoms with Crippen LogP contribution in [0.5, 0.6) is 34.5 Å². The highest BCUT2D eigenvalue weighted by Gasteiger charge is 2.43. The second-order valence-electron chi connectivity index (χ2n) is 26.5. The van der Waals surface area contributed by atoms with Crippen LogP contribution in [0.1, 0.15) is 150 Å². The van der Waals surface area contributed by atoms with E-state index >= 15 is 9.59 Å². The van der Waals surface area contributed by atoms with E-state index in [-0.39, 0.29) is 60.1 Å². The lowest BCUT2D eigenvalue weighted by Gasteiger charge is -2.42. The average Bonchev–Trinajstić information content (AvgIpc) is 0.721. The van der Waals surface area contributed by atoms with E-state index in [1.54, 1.807) is 14.2 Å². The molecule has 0 unspecified atom stereocenters. The van der Waals surface area contributed by atoms with Crippen LogP contribution in [0.3, 0.4) is 0 Å². The zero-order valence-corrected chi connectivity index (χ0v) is 57.1. The number of allylic oxidation sites excluding steroid dienone is 4. The van der Waals surface area contributed by atoms with Crippen LogP contribution in [-0.4, -0.2) is 47.7 Å². The third-order valence-corrected chi connectivity index (χ3v) is 20.0. The summed E-state index contributed by atoms with van der Waals surface area (Å²) < 4.78 is 41.4. The van der Waals surface area contributed by atoms with Gasteiger partial charge in [-0.3, -0.25) is 19.4 Å². The Bertz CT molecular complexity index is 4420. The Morgan fingerprint density at radius 2 is 0.653 bits per heavy atom. The van der Waals surface area contributed by atoms with Crippen LogP contribution in [0.4, 0.5) is 0 Å². The molecule has 0 saturated heterocycles. The standard InChI is InChI=1S/C88H82N2O8/c1-55-39-67-69(83-73-43-57(3)89(49-61-27-15-9-16-28-61)59(5)81(73)77(95-51-63-31-19-11-20-32-63)47-79(83)97-53-65-35-23-13-24-36-65)45-71(87(91)85(67)75(41-55)93-7)72-46-70(68-40-56(2)42-76(94-8)86(68)88(72)92)84-74-44-58(4)90(50-62-29-17-10-18-30-62)60(6)82(74)78(96-52-64-33-21-12-22-34-64)48-80(84)98-54-66-37-25-14-26-38-66/h9-42,45-48,57-60H,43-44,49-54H2,1-8H3/b72-71+/t57-,58-,59-,60-/m1/s1. The van der Waals surface area contributed by atoms with E-state index < -0.39 is 0 Å². The van der Waals surface area contributed by atoms with Crippen molar-refractivity contribution in [3.8, 4) is 34.5 Å². The monoisotopic (exact) mass is 1290 g/mol. The molecule has 2 heterocycles. The highest BCUT2D eigenvalue weighted by Crippen LogP contribution is 2.54. The number of Topliss-reactive ketones (excluding diaryl/α,β-unsaturated/α-hetero) is 2. The second kappa shape index (κ2) is 28.3. The maximum atomic E-state index is 16.5. The van der Waals surface area contributed by atoms with Gasteiger partial charge in [0.15, 0.2) is 11.6 Å². The Kier molecular flexibility index (Phi) is 18.7. The number of hydrogen-bond acceptors (Lipinski definition) is 10. The van der Waals surface area contributed by atoms with Gasteiger partial charge < -0.3 is 28.4 Å². The minimum Gasteiger partial charge on any atom is -0.496 e. The number of carbonyl (C=O) groups is 2. The van der Waals surface area contributed by atoms with Gasteiger partial charge in [-0.15, -0.1) is 0 Å². The molecule has 10 aromatic rings. The van der Waals surface area contributed by atoms with E-state index in [4.69, 9.17) is 28.4 Å². The smallest absolute Gasteiger partial charge is 0.198 e. The van der Waals surface area contributed by atoms with Crippen LogP contribution in [0.15, 0.2) is 242 Å². The predicted molar refractivity (Wildman–Crippen MR) is 388 cm³/mol. The van der Waals surface area contributed by atoms with Crippen molar-refractivity contribution < 1.29 is 38.0 Å². The number of rotatable bonds is 20. The molecule has 98 heavy (non-hydrogen) atoms. The number of aryl methyl sites for hydroxylation is 2. The van der Waals surface area contributed by atoms with Crippen molar-refractivity contribution in [3.05, 3.63) is 342 Å². The molecule has 0 aromatic heterocycles. The molecule has 0 radical (unpaired) electrons. The number of ketones is 2. The number of carbonyl (C=O) groups excluding carboxylic acids is 2. The van der Waals surface area contributed by atoms with Gasteiger partial charge in [0.2, 0.25) is 0 Å². The fourth-order valence-corrected chi connectivity index (χ4v) is 15.2. The summed E-state index contributed by atoms with van der Waals surface area (Å²) in [5.41, 5.74) is 18.0. The first-order valence-corrected chi connectivity index (χ1v) is 34.1. The van der Waals surface area contributed by atoms with E-state index in [2.05, 4.69) is 171 Å². The SMILES string of the molecule is COc1cc(C)cc2c1C(=O)/C(=C1\C=C(c3c(OCc4ccccc4)cc(OCc4ccccc4)c4c3C[C@@H](C)N(Cc3ccccc3)[C@@H]4C)c3cc(C)cc(OC)c3C1=O)C=C2c1c(OCc2ccccc2)cc(OCc2ccccc2)c2c1C[C@@H](C)N(Cc1ccccc1)[C@@H]2C. The predicted octanol–water partition coefficient (Wildman–Crippen LogP) is 18.9. The molecule has 2 aliphatic carbocycles. The van der Waals surface area contributed by atoms with Crippen molar-refractivity contribution in [1.29, 1.82) is 0 Å². The fraction of sp³-hybridized carbons (Fsp3) is 0.227. The highest BCUT2D eigenvalue weighted by molar-refractivity contribution is 6.28. The molecule has 0 saturated carbocycles. The number of methoxy groups -OCH3 is 2. The maximum absolute atomic E-state index is 16.5. The van der Waals surface area contributed by atoms with Gasteiger partial charge in [-0.2, -0.15) is 0 Å². The van der Waals surface area contributed by atoms with Gasteiger partial charge >= 0.3 is 0 Å². The van der Waals surface area contributed by atoms with E-state index in [1.165, 1.54) is 11.1 Å². The molecule has 2 aliphatic heterocycles. The normalized spacial score (nSPS) is 18.1. The molecule has 4 atom stereocenters. The third kappa shape index (κ3) is 12.9. The van der Waals surface area contributed by atoms with Crippen molar-refractivity contribution in [2.24, 2.45) is 0 Å². The highest BCUT2D eigenvalue weighted by atomic mass is 16.5.